The standard InChI is InChI=1S/C20H24N2O3S.ClH/c1-13(2)26(24,25)17-9-6-14(7-10-17)20(23)22-19-5-3-4-15-12-16(21)8-11-18(15)19;/h6-13,19H,3-5,21H2,1-2H3,(H,22,23);1H. The molecule has 0 radical (unpaired) electrons. The van der Waals surface area contributed by atoms with E-state index < -0.39 is 15.1 Å². The fourth-order valence-electron chi connectivity index (χ4n) is 3.29. The molecule has 0 spiro atoms. The second-order valence-electron chi connectivity index (χ2n) is 6.99. The molecule has 0 fully saturated rings. The number of nitrogens with two attached hydrogens (primary N) is 1. The van der Waals surface area contributed by atoms with Gasteiger partial charge in [0.15, 0.2) is 9.84 Å². The smallest absolute Gasteiger partial charge is 0.251 e. The maximum absolute atomic E-state index is 12.6. The van der Waals surface area contributed by atoms with E-state index in [1.54, 1.807) is 26.0 Å². The third-order valence-corrected chi connectivity index (χ3v) is 7.02. The highest BCUT2D eigenvalue weighted by Gasteiger charge is 2.23. The molecule has 27 heavy (non-hydrogen) atoms. The Labute approximate surface area is 166 Å². The minimum absolute atomic E-state index is 0. The van der Waals surface area contributed by atoms with Crippen molar-refractivity contribution in [1.82, 2.24) is 5.32 Å². The van der Waals surface area contributed by atoms with Crippen LogP contribution >= 0.6 is 12.4 Å². The zero-order valence-electron chi connectivity index (χ0n) is 15.4. The van der Waals surface area contributed by atoms with Crippen LogP contribution in [0.5, 0.6) is 0 Å². The minimum Gasteiger partial charge on any atom is -0.399 e. The number of hydrogen-bond acceptors (Lipinski definition) is 4. The van der Waals surface area contributed by atoms with Gasteiger partial charge in [0.1, 0.15) is 0 Å². The summed E-state index contributed by atoms with van der Waals surface area (Å²) in [5, 5.41) is 2.57. The van der Waals surface area contributed by atoms with Crippen LogP contribution in [0.2, 0.25) is 0 Å². The first kappa shape index (κ1) is 21.3. The molecule has 1 amide bonds. The monoisotopic (exact) mass is 408 g/mol. The molecule has 7 heteroatoms. The van der Waals surface area contributed by atoms with E-state index in [1.165, 1.54) is 17.7 Å². The zero-order chi connectivity index (χ0) is 18.9. The maximum atomic E-state index is 12.6. The summed E-state index contributed by atoms with van der Waals surface area (Å²) < 4.78 is 24.4. The molecule has 1 unspecified atom stereocenters. The molecule has 0 heterocycles. The lowest BCUT2D eigenvalue weighted by Crippen LogP contribution is -2.31. The number of sulfone groups is 1. The summed E-state index contributed by atoms with van der Waals surface area (Å²) in [5.41, 5.74) is 9.33. The van der Waals surface area contributed by atoms with Crippen molar-refractivity contribution < 1.29 is 13.2 Å². The Balaban J connectivity index is 0.00000261. The predicted octanol–water partition coefficient (Wildman–Crippen LogP) is 3.68. The minimum atomic E-state index is -3.33. The Morgan fingerprint density at radius 3 is 2.44 bits per heavy atom. The van der Waals surface area contributed by atoms with E-state index >= 15 is 0 Å². The van der Waals surface area contributed by atoms with Crippen LogP contribution in [0, 0.1) is 0 Å². The largest absolute Gasteiger partial charge is 0.399 e. The van der Waals surface area contributed by atoms with Gasteiger partial charge in [-0.05, 0) is 80.6 Å². The number of hydrogen-bond donors (Lipinski definition) is 2. The van der Waals surface area contributed by atoms with Gasteiger partial charge in [-0.15, -0.1) is 12.4 Å². The van der Waals surface area contributed by atoms with Crippen LogP contribution in [0.1, 0.15) is 54.2 Å². The lowest BCUT2D eigenvalue weighted by Gasteiger charge is -2.26. The molecule has 0 aromatic heterocycles. The first-order valence-corrected chi connectivity index (χ1v) is 10.4. The lowest BCUT2D eigenvalue weighted by molar-refractivity contribution is 0.0932. The number of carbonyl (C=O) groups is 1. The fourth-order valence-corrected chi connectivity index (χ4v) is 4.35. The van der Waals surface area contributed by atoms with E-state index in [0.29, 0.717) is 5.56 Å². The summed E-state index contributed by atoms with van der Waals surface area (Å²) in [6, 6.07) is 11.9. The van der Waals surface area contributed by atoms with Crippen LogP contribution < -0.4 is 11.1 Å². The molecule has 5 nitrogen and oxygen atoms in total. The summed E-state index contributed by atoms with van der Waals surface area (Å²) in [6.07, 6.45) is 2.84. The maximum Gasteiger partial charge on any atom is 0.251 e. The van der Waals surface area contributed by atoms with E-state index in [2.05, 4.69) is 5.32 Å². The number of halogens is 1. The molecular formula is C20H25ClN2O3S. The third-order valence-electron chi connectivity index (χ3n) is 4.85. The van der Waals surface area contributed by atoms with Gasteiger partial charge in [0.25, 0.3) is 5.91 Å². The number of rotatable bonds is 4. The molecular weight excluding hydrogens is 384 g/mol. The number of anilines is 1. The Morgan fingerprint density at radius 2 is 1.81 bits per heavy atom. The average molecular weight is 409 g/mol. The van der Waals surface area contributed by atoms with Gasteiger partial charge in [-0.25, -0.2) is 8.42 Å². The van der Waals surface area contributed by atoms with E-state index in [9.17, 15) is 13.2 Å². The second kappa shape index (κ2) is 8.31. The highest BCUT2D eigenvalue weighted by atomic mass is 35.5. The predicted molar refractivity (Wildman–Crippen MR) is 110 cm³/mol. The summed E-state index contributed by atoms with van der Waals surface area (Å²) in [4.78, 5) is 12.8. The summed E-state index contributed by atoms with van der Waals surface area (Å²) in [5.74, 6) is -0.201. The Morgan fingerprint density at radius 1 is 1.15 bits per heavy atom. The van der Waals surface area contributed by atoms with Gasteiger partial charge in [0.05, 0.1) is 16.2 Å². The van der Waals surface area contributed by atoms with Crippen molar-refractivity contribution in [2.45, 2.75) is 49.3 Å². The molecule has 2 aromatic carbocycles. The van der Waals surface area contributed by atoms with Gasteiger partial charge in [0.2, 0.25) is 0 Å². The van der Waals surface area contributed by atoms with Gasteiger partial charge < -0.3 is 11.1 Å². The van der Waals surface area contributed by atoms with Crippen molar-refractivity contribution in [2.24, 2.45) is 0 Å². The molecule has 1 aliphatic rings. The topological polar surface area (TPSA) is 89.3 Å². The van der Waals surface area contributed by atoms with Crippen LogP contribution in [-0.4, -0.2) is 19.6 Å². The summed E-state index contributed by atoms with van der Waals surface area (Å²) in [7, 11) is -3.33. The quantitative estimate of drug-likeness (QED) is 0.755. The van der Waals surface area contributed by atoms with Crippen molar-refractivity contribution in [3.05, 3.63) is 59.2 Å². The highest BCUT2D eigenvalue weighted by Crippen LogP contribution is 2.31. The Bertz CT molecular complexity index is 925. The summed E-state index contributed by atoms with van der Waals surface area (Å²) >= 11 is 0. The number of amides is 1. The Kier molecular flexibility index (Phi) is 6.54. The van der Waals surface area contributed by atoms with E-state index in [0.717, 1.165) is 30.5 Å². The molecule has 0 saturated carbocycles. The van der Waals surface area contributed by atoms with Crippen LogP contribution in [0.4, 0.5) is 5.69 Å². The van der Waals surface area contributed by atoms with Crippen molar-refractivity contribution in [2.75, 3.05) is 5.73 Å². The van der Waals surface area contributed by atoms with Crippen molar-refractivity contribution in [3.63, 3.8) is 0 Å². The van der Waals surface area contributed by atoms with Gasteiger partial charge in [0, 0.05) is 11.3 Å². The molecule has 1 aliphatic carbocycles. The molecule has 146 valence electrons. The molecule has 0 saturated heterocycles. The van der Waals surface area contributed by atoms with Crippen LogP contribution in [0.25, 0.3) is 0 Å². The Hall–Kier alpha value is -2.05. The fraction of sp³-hybridized carbons (Fsp3) is 0.350. The first-order valence-electron chi connectivity index (χ1n) is 8.82. The van der Waals surface area contributed by atoms with Gasteiger partial charge in [-0.3, -0.25) is 4.79 Å². The van der Waals surface area contributed by atoms with E-state index in [4.69, 9.17) is 5.73 Å². The van der Waals surface area contributed by atoms with Gasteiger partial charge in [-0.2, -0.15) is 0 Å². The van der Waals surface area contributed by atoms with Gasteiger partial charge in [-0.1, -0.05) is 6.07 Å². The molecule has 0 aliphatic heterocycles. The number of nitrogens with one attached hydrogen (secondary N) is 1. The van der Waals surface area contributed by atoms with Crippen LogP contribution in [0.3, 0.4) is 0 Å². The van der Waals surface area contributed by atoms with Crippen LogP contribution in [-0.2, 0) is 16.3 Å². The van der Waals surface area contributed by atoms with Crippen molar-refractivity contribution in [1.29, 1.82) is 0 Å². The summed E-state index contributed by atoms with van der Waals surface area (Å²) in [6.45, 7) is 3.28. The first-order chi connectivity index (χ1) is 12.3. The van der Waals surface area contributed by atoms with E-state index in [-0.39, 0.29) is 29.3 Å². The number of aryl methyl sites for hydroxylation is 1. The molecule has 3 rings (SSSR count). The second-order valence-corrected chi connectivity index (χ2v) is 9.50. The lowest BCUT2D eigenvalue weighted by atomic mass is 9.87. The number of nitrogen functional groups attached to an aromatic ring is 1. The molecule has 0 bridgehead atoms. The number of fused-ring (bicyclic) bond motifs is 1. The normalized spacial score (nSPS) is 16.3. The zero-order valence-corrected chi connectivity index (χ0v) is 17.1. The number of benzene rings is 2. The average Bonchev–Trinajstić information content (AvgIpc) is 2.61. The third kappa shape index (κ3) is 4.45. The highest BCUT2D eigenvalue weighted by molar-refractivity contribution is 7.92. The van der Waals surface area contributed by atoms with Crippen LogP contribution in [0.15, 0.2) is 47.4 Å². The molecule has 2 aromatic rings. The van der Waals surface area contributed by atoms with Crippen molar-refractivity contribution in [3.8, 4) is 0 Å². The number of carbonyl (C=O) groups excluding carboxylic acids is 1. The SMILES string of the molecule is CC(C)S(=O)(=O)c1ccc(C(=O)NC2CCCc3cc(N)ccc32)cc1.Cl. The molecule has 1 atom stereocenters. The van der Waals surface area contributed by atoms with Crippen molar-refractivity contribution >= 4 is 33.8 Å². The van der Waals surface area contributed by atoms with Gasteiger partial charge >= 0.3 is 0 Å². The van der Waals surface area contributed by atoms with E-state index in [1.807, 2.05) is 18.2 Å². The molecule has 3 N–H and O–H groups in total.